The highest BCUT2D eigenvalue weighted by molar-refractivity contribution is 7.17. The maximum atomic E-state index is 12.3. The van der Waals surface area contributed by atoms with Gasteiger partial charge in [-0.05, 0) is 25.7 Å². The molecule has 138 valence electrons. The van der Waals surface area contributed by atoms with Gasteiger partial charge in [0.15, 0.2) is 6.61 Å². The molecule has 1 heterocycles. The van der Waals surface area contributed by atoms with E-state index in [1.807, 2.05) is 30.3 Å². The molecule has 1 aliphatic carbocycles. The molecule has 1 aromatic heterocycles. The second kappa shape index (κ2) is 8.45. The first-order chi connectivity index (χ1) is 12.5. The van der Waals surface area contributed by atoms with Gasteiger partial charge in [-0.3, -0.25) is 4.79 Å². The van der Waals surface area contributed by atoms with Gasteiger partial charge in [-0.25, -0.2) is 9.78 Å². The number of aryl methyl sites for hydroxylation is 1. The number of esters is 1. The average molecular weight is 372 g/mol. The Morgan fingerprint density at radius 3 is 2.69 bits per heavy atom. The third-order valence-corrected chi connectivity index (χ3v) is 5.98. The lowest BCUT2D eigenvalue weighted by atomic mass is 9.86. The molecule has 26 heavy (non-hydrogen) atoms. The monoisotopic (exact) mass is 372 g/mol. The number of benzene rings is 1. The largest absolute Gasteiger partial charge is 0.451 e. The number of hydrogen-bond donors (Lipinski definition) is 1. The molecule has 0 bridgehead atoms. The number of aromatic nitrogens is 1. The van der Waals surface area contributed by atoms with Gasteiger partial charge in [-0.15, -0.1) is 11.3 Å². The molecule has 1 aromatic carbocycles. The Hall–Kier alpha value is -2.21. The lowest BCUT2D eigenvalue weighted by molar-refractivity contribution is -0.125. The van der Waals surface area contributed by atoms with Gasteiger partial charge in [0, 0.05) is 11.6 Å². The summed E-state index contributed by atoms with van der Waals surface area (Å²) in [6.07, 6.45) is 4.48. The van der Waals surface area contributed by atoms with E-state index in [1.54, 1.807) is 6.92 Å². The van der Waals surface area contributed by atoms with Crippen LogP contribution in [0.15, 0.2) is 30.3 Å². The number of ether oxygens (including phenoxy) is 1. The van der Waals surface area contributed by atoms with Crippen molar-refractivity contribution in [3.05, 3.63) is 40.9 Å². The van der Waals surface area contributed by atoms with Crippen LogP contribution in [-0.2, 0) is 9.53 Å². The smallest absolute Gasteiger partial charge is 0.350 e. The maximum absolute atomic E-state index is 12.3. The van der Waals surface area contributed by atoms with Crippen molar-refractivity contribution < 1.29 is 14.3 Å². The molecule has 2 atom stereocenters. The van der Waals surface area contributed by atoms with E-state index >= 15 is 0 Å². The molecule has 0 saturated heterocycles. The Morgan fingerprint density at radius 2 is 1.96 bits per heavy atom. The summed E-state index contributed by atoms with van der Waals surface area (Å²) in [4.78, 5) is 29.3. The van der Waals surface area contributed by atoms with E-state index in [9.17, 15) is 9.59 Å². The number of carbonyl (C=O) groups excluding carboxylic acids is 2. The molecule has 3 rings (SSSR count). The van der Waals surface area contributed by atoms with Crippen molar-refractivity contribution in [3.8, 4) is 10.6 Å². The zero-order valence-electron chi connectivity index (χ0n) is 15.2. The van der Waals surface area contributed by atoms with Gasteiger partial charge in [0.1, 0.15) is 9.88 Å². The van der Waals surface area contributed by atoms with Crippen LogP contribution in [0.4, 0.5) is 0 Å². The quantitative estimate of drug-likeness (QED) is 0.807. The summed E-state index contributed by atoms with van der Waals surface area (Å²) in [6, 6.07) is 9.88. The van der Waals surface area contributed by atoms with Crippen LogP contribution < -0.4 is 5.32 Å². The van der Waals surface area contributed by atoms with Crippen LogP contribution in [0.3, 0.4) is 0 Å². The molecule has 5 nitrogen and oxygen atoms in total. The second-order valence-electron chi connectivity index (χ2n) is 6.81. The van der Waals surface area contributed by atoms with Crippen LogP contribution in [0.5, 0.6) is 0 Å². The van der Waals surface area contributed by atoms with Gasteiger partial charge in [0.05, 0.1) is 5.69 Å². The molecular weight excluding hydrogens is 348 g/mol. The Bertz CT molecular complexity index is 773. The van der Waals surface area contributed by atoms with Crippen molar-refractivity contribution in [2.75, 3.05) is 6.61 Å². The van der Waals surface area contributed by atoms with Crippen LogP contribution in [-0.4, -0.2) is 29.5 Å². The van der Waals surface area contributed by atoms with Crippen molar-refractivity contribution >= 4 is 23.2 Å². The SMILES string of the molecule is Cc1nc(-c2ccccc2)sc1C(=O)OCC(=O)N[C@H]1CCCC[C@H]1C. The number of nitrogens with zero attached hydrogens (tertiary/aromatic N) is 1. The van der Waals surface area contributed by atoms with E-state index in [4.69, 9.17) is 4.74 Å². The predicted molar refractivity (Wildman–Crippen MR) is 102 cm³/mol. The summed E-state index contributed by atoms with van der Waals surface area (Å²) >= 11 is 1.29. The Morgan fingerprint density at radius 1 is 1.23 bits per heavy atom. The van der Waals surface area contributed by atoms with Crippen molar-refractivity contribution in [1.29, 1.82) is 0 Å². The van der Waals surface area contributed by atoms with E-state index in [2.05, 4.69) is 17.2 Å². The summed E-state index contributed by atoms with van der Waals surface area (Å²) in [7, 11) is 0. The topological polar surface area (TPSA) is 68.3 Å². The molecular formula is C20H24N2O3S. The molecule has 1 saturated carbocycles. The van der Waals surface area contributed by atoms with Crippen LogP contribution in [0.1, 0.15) is 48.0 Å². The van der Waals surface area contributed by atoms with Gasteiger partial charge in [-0.2, -0.15) is 0 Å². The first kappa shape index (κ1) is 18.6. The van der Waals surface area contributed by atoms with Crippen molar-refractivity contribution in [2.45, 2.75) is 45.6 Å². The van der Waals surface area contributed by atoms with Crippen molar-refractivity contribution in [1.82, 2.24) is 10.3 Å². The number of thiazole rings is 1. The van der Waals surface area contributed by atoms with E-state index in [1.165, 1.54) is 17.8 Å². The minimum absolute atomic E-state index is 0.185. The zero-order valence-corrected chi connectivity index (χ0v) is 16.0. The molecule has 6 heteroatoms. The van der Waals surface area contributed by atoms with Crippen LogP contribution in [0.2, 0.25) is 0 Å². The number of carbonyl (C=O) groups is 2. The minimum atomic E-state index is -0.492. The highest BCUT2D eigenvalue weighted by atomic mass is 32.1. The molecule has 2 aromatic rings. The highest BCUT2D eigenvalue weighted by Gasteiger charge is 2.24. The van der Waals surface area contributed by atoms with E-state index < -0.39 is 5.97 Å². The van der Waals surface area contributed by atoms with Crippen molar-refractivity contribution in [3.63, 3.8) is 0 Å². The number of amides is 1. The van der Waals surface area contributed by atoms with Crippen LogP contribution in [0.25, 0.3) is 10.6 Å². The second-order valence-corrected chi connectivity index (χ2v) is 7.81. The molecule has 1 aliphatic rings. The van der Waals surface area contributed by atoms with E-state index in [0.29, 0.717) is 16.5 Å². The van der Waals surface area contributed by atoms with Crippen LogP contribution >= 0.6 is 11.3 Å². The summed E-state index contributed by atoms with van der Waals surface area (Å²) in [5.41, 5.74) is 1.59. The molecule has 0 unspecified atom stereocenters. The number of rotatable bonds is 5. The summed E-state index contributed by atoms with van der Waals surface area (Å²) in [6.45, 7) is 3.69. The molecule has 0 aliphatic heterocycles. The fraction of sp³-hybridized carbons (Fsp3) is 0.450. The first-order valence-electron chi connectivity index (χ1n) is 9.04. The predicted octanol–water partition coefficient (Wildman–Crippen LogP) is 3.97. The molecule has 0 radical (unpaired) electrons. The number of hydrogen-bond acceptors (Lipinski definition) is 5. The summed E-state index contributed by atoms with van der Waals surface area (Å²) in [5, 5.41) is 3.77. The lowest BCUT2D eigenvalue weighted by Crippen LogP contribution is -2.42. The highest BCUT2D eigenvalue weighted by Crippen LogP contribution is 2.28. The maximum Gasteiger partial charge on any atom is 0.350 e. The fourth-order valence-electron chi connectivity index (χ4n) is 3.27. The van der Waals surface area contributed by atoms with Crippen molar-refractivity contribution in [2.24, 2.45) is 5.92 Å². The Balaban J connectivity index is 1.56. The standard InChI is InChI=1S/C20H24N2O3S/c1-13-8-6-7-11-16(13)22-17(23)12-25-20(24)18-14(2)21-19(26-18)15-9-4-3-5-10-15/h3-5,9-10,13,16H,6-8,11-12H2,1-2H3,(H,22,23)/t13-,16+/m1/s1. The Labute approximate surface area is 157 Å². The summed E-state index contributed by atoms with van der Waals surface area (Å²) in [5.74, 6) is -0.253. The van der Waals surface area contributed by atoms with Gasteiger partial charge in [-0.1, -0.05) is 50.1 Å². The minimum Gasteiger partial charge on any atom is -0.451 e. The number of nitrogens with one attached hydrogen (secondary N) is 1. The fourth-order valence-corrected chi connectivity index (χ4v) is 4.23. The molecule has 1 N–H and O–H groups in total. The van der Waals surface area contributed by atoms with Gasteiger partial charge < -0.3 is 10.1 Å². The molecule has 1 fully saturated rings. The molecule has 0 spiro atoms. The zero-order chi connectivity index (χ0) is 18.5. The summed E-state index contributed by atoms with van der Waals surface area (Å²) < 4.78 is 5.22. The van der Waals surface area contributed by atoms with Crippen LogP contribution in [0, 0.1) is 12.8 Å². The van der Waals surface area contributed by atoms with Gasteiger partial charge >= 0.3 is 5.97 Å². The van der Waals surface area contributed by atoms with Gasteiger partial charge in [0.25, 0.3) is 5.91 Å². The van der Waals surface area contributed by atoms with E-state index in [0.717, 1.165) is 29.8 Å². The van der Waals surface area contributed by atoms with E-state index in [-0.39, 0.29) is 18.6 Å². The third-order valence-electron chi connectivity index (χ3n) is 4.79. The lowest BCUT2D eigenvalue weighted by Gasteiger charge is -2.29. The first-order valence-corrected chi connectivity index (χ1v) is 9.85. The normalized spacial score (nSPS) is 19.8. The Kier molecular flexibility index (Phi) is 6.04. The third kappa shape index (κ3) is 4.49. The van der Waals surface area contributed by atoms with Gasteiger partial charge in [0.2, 0.25) is 0 Å². The molecule has 1 amide bonds. The average Bonchev–Trinajstić information content (AvgIpc) is 3.04.